The maximum Gasteiger partial charge on any atom is 0.230 e. The van der Waals surface area contributed by atoms with E-state index in [2.05, 4.69) is 65.9 Å². The summed E-state index contributed by atoms with van der Waals surface area (Å²) in [5.74, 6) is 1.29. The van der Waals surface area contributed by atoms with Crippen LogP contribution in [0.4, 0.5) is 11.9 Å². The number of hydrogen-bond acceptors (Lipinski definition) is 7. The molecule has 0 spiro atoms. The van der Waals surface area contributed by atoms with Crippen molar-refractivity contribution in [1.29, 1.82) is 0 Å². The number of likely N-dealkylation sites (N-methyl/N-ethyl adjacent to an activating group) is 2. The number of rotatable bonds is 8. The third-order valence-electron chi connectivity index (χ3n) is 4.72. The first-order valence-electron chi connectivity index (χ1n) is 9.67. The smallest absolute Gasteiger partial charge is 0.230 e. The summed E-state index contributed by atoms with van der Waals surface area (Å²) < 4.78 is 2.54. The molecular weight excluding hydrogens is 444 g/mol. The lowest BCUT2D eigenvalue weighted by atomic mass is 10.1. The highest BCUT2D eigenvalue weighted by atomic mass is 79.9. The highest BCUT2D eigenvalue weighted by Crippen LogP contribution is 2.22. The molecule has 0 fully saturated rings. The summed E-state index contributed by atoms with van der Waals surface area (Å²) >= 11 is 3.52. The molecule has 154 valence electrons. The van der Waals surface area contributed by atoms with E-state index in [0.717, 1.165) is 40.0 Å². The van der Waals surface area contributed by atoms with Gasteiger partial charge in [0.15, 0.2) is 5.65 Å². The third kappa shape index (κ3) is 4.42. The zero-order valence-corrected chi connectivity index (χ0v) is 18.5. The van der Waals surface area contributed by atoms with Gasteiger partial charge in [-0.1, -0.05) is 30.3 Å². The van der Waals surface area contributed by atoms with Gasteiger partial charge in [0.05, 0.1) is 16.4 Å². The Balaban J connectivity index is 1.54. The minimum Gasteiger partial charge on any atom is -0.350 e. The van der Waals surface area contributed by atoms with Crippen LogP contribution in [-0.2, 0) is 6.54 Å². The molecule has 2 N–H and O–H groups in total. The van der Waals surface area contributed by atoms with E-state index in [1.54, 1.807) is 16.9 Å². The zero-order valence-electron chi connectivity index (χ0n) is 16.9. The molecule has 4 rings (SSSR count). The Morgan fingerprint density at radius 3 is 2.67 bits per heavy atom. The van der Waals surface area contributed by atoms with Gasteiger partial charge in [-0.05, 0) is 40.7 Å². The van der Waals surface area contributed by atoms with E-state index < -0.39 is 0 Å². The molecule has 0 saturated heterocycles. The number of nitrogens with zero attached hydrogens (tertiary/aromatic N) is 6. The van der Waals surface area contributed by atoms with Crippen molar-refractivity contribution in [2.75, 3.05) is 37.4 Å². The van der Waals surface area contributed by atoms with Crippen LogP contribution in [0.25, 0.3) is 16.9 Å². The number of anilines is 2. The van der Waals surface area contributed by atoms with E-state index in [1.807, 2.05) is 37.2 Å². The van der Waals surface area contributed by atoms with Crippen LogP contribution in [0.5, 0.6) is 0 Å². The molecule has 0 aliphatic rings. The van der Waals surface area contributed by atoms with Crippen LogP contribution in [0.1, 0.15) is 5.56 Å². The second-order valence-electron chi connectivity index (χ2n) is 6.87. The van der Waals surface area contributed by atoms with Gasteiger partial charge in [0, 0.05) is 38.4 Å². The fraction of sp³-hybridized carbons (Fsp3) is 0.238. The minimum absolute atomic E-state index is 0.617. The summed E-state index contributed by atoms with van der Waals surface area (Å²) in [6.07, 6.45) is 3.53. The first kappa shape index (κ1) is 20.2. The quantitative estimate of drug-likeness (QED) is 0.412. The second kappa shape index (κ2) is 9.19. The van der Waals surface area contributed by atoms with Gasteiger partial charge in [0.1, 0.15) is 0 Å². The third-order valence-corrected chi connectivity index (χ3v) is 5.28. The van der Waals surface area contributed by atoms with E-state index in [4.69, 9.17) is 4.98 Å². The Morgan fingerprint density at radius 1 is 1.10 bits per heavy atom. The predicted molar refractivity (Wildman–Crippen MR) is 123 cm³/mol. The monoisotopic (exact) mass is 466 g/mol. The van der Waals surface area contributed by atoms with Crippen molar-refractivity contribution in [1.82, 2.24) is 29.9 Å². The number of hydrogen-bond donors (Lipinski definition) is 2. The van der Waals surface area contributed by atoms with Crippen LogP contribution in [-0.4, -0.2) is 51.8 Å². The van der Waals surface area contributed by atoms with Crippen molar-refractivity contribution < 1.29 is 0 Å². The number of fused-ring (bicyclic) bond motifs is 1. The normalized spacial score (nSPS) is 11.0. The van der Waals surface area contributed by atoms with Crippen LogP contribution >= 0.6 is 15.9 Å². The molecule has 0 bridgehead atoms. The largest absolute Gasteiger partial charge is 0.350 e. The molecule has 3 heterocycles. The highest BCUT2D eigenvalue weighted by molar-refractivity contribution is 9.10. The van der Waals surface area contributed by atoms with E-state index in [9.17, 15) is 0 Å². The zero-order chi connectivity index (χ0) is 20.9. The van der Waals surface area contributed by atoms with Crippen molar-refractivity contribution in [2.45, 2.75) is 6.54 Å². The number of nitrogens with one attached hydrogen (secondary N) is 2. The van der Waals surface area contributed by atoms with Crippen molar-refractivity contribution in [3.05, 3.63) is 64.9 Å². The molecule has 9 heteroatoms. The molecule has 8 nitrogen and oxygen atoms in total. The van der Waals surface area contributed by atoms with Crippen LogP contribution in [0.15, 0.2) is 59.3 Å². The predicted octanol–water partition coefficient (Wildman–Crippen LogP) is 3.22. The molecule has 30 heavy (non-hydrogen) atoms. The molecule has 0 amide bonds. The molecule has 0 unspecified atom stereocenters. The fourth-order valence-electron chi connectivity index (χ4n) is 3.01. The topological polar surface area (TPSA) is 83.3 Å². The Bertz CT molecular complexity index is 1110. The standard InChI is InChI=1S/C21H23BrN8/c1-23-11-12-29(2)21-27-19-17(22)14-26-30(19)20(28-21)25-13-15-6-8-16(9-7-15)18-5-3-4-10-24-18/h3-10,14,23H,11-13H2,1-2H3,(H,25,27,28). The highest BCUT2D eigenvalue weighted by Gasteiger charge is 2.14. The van der Waals surface area contributed by atoms with Crippen LogP contribution < -0.4 is 15.5 Å². The van der Waals surface area contributed by atoms with Gasteiger partial charge >= 0.3 is 0 Å². The Hall–Kier alpha value is -3.04. The molecule has 0 aliphatic heterocycles. The van der Waals surface area contributed by atoms with Crippen molar-refractivity contribution in [2.24, 2.45) is 0 Å². The summed E-state index contributed by atoms with van der Waals surface area (Å²) in [6.45, 7) is 2.26. The molecule has 0 saturated carbocycles. The molecule has 0 radical (unpaired) electrons. The summed E-state index contributed by atoms with van der Waals surface area (Å²) in [7, 11) is 3.91. The van der Waals surface area contributed by atoms with Crippen LogP contribution in [0.3, 0.4) is 0 Å². The molecular formula is C21H23BrN8. The lowest BCUT2D eigenvalue weighted by Crippen LogP contribution is -2.29. The number of halogens is 1. The Labute approximate surface area is 183 Å². The molecule has 4 aromatic rings. The molecule has 1 aromatic carbocycles. The average molecular weight is 467 g/mol. The van der Waals surface area contributed by atoms with Gasteiger partial charge < -0.3 is 15.5 Å². The fourth-order valence-corrected chi connectivity index (χ4v) is 3.36. The Kier molecular flexibility index (Phi) is 6.20. The number of pyridine rings is 1. The maximum absolute atomic E-state index is 4.69. The first-order chi connectivity index (χ1) is 14.7. The van der Waals surface area contributed by atoms with Crippen molar-refractivity contribution >= 4 is 33.5 Å². The van der Waals surface area contributed by atoms with Gasteiger partial charge in [-0.25, -0.2) is 0 Å². The molecule has 0 aliphatic carbocycles. The van der Waals surface area contributed by atoms with E-state index in [1.165, 1.54) is 0 Å². The van der Waals surface area contributed by atoms with Gasteiger partial charge in [0.2, 0.25) is 11.9 Å². The van der Waals surface area contributed by atoms with Crippen LogP contribution in [0, 0.1) is 0 Å². The summed E-state index contributed by atoms with van der Waals surface area (Å²) in [6, 6.07) is 14.3. The van der Waals surface area contributed by atoms with Crippen molar-refractivity contribution in [3.63, 3.8) is 0 Å². The summed E-state index contributed by atoms with van der Waals surface area (Å²) in [5, 5.41) is 10.9. The van der Waals surface area contributed by atoms with Crippen LogP contribution in [0.2, 0.25) is 0 Å². The first-order valence-corrected chi connectivity index (χ1v) is 10.5. The lowest BCUT2D eigenvalue weighted by Gasteiger charge is -2.18. The summed E-state index contributed by atoms with van der Waals surface area (Å²) in [5.41, 5.74) is 3.92. The number of aromatic nitrogens is 5. The van der Waals surface area contributed by atoms with Gasteiger partial charge in [-0.3, -0.25) is 4.98 Å². The van der Waals surface area contributed by atoms with E-state index in [-0.39, 0.29) is 0 Å². The number of benzene rings is 1. The summed E-state index contributed by atoms with van der Waals surface area (Å²) in [4.78, 5) is 15.7. The van der Waals surface area contributed by atoms with Gasteiger partial charge in [-0.2, -0.15) is 19.6 Å². The second-order valence-corrected chi connectivity index (χ2v) is 7.72. The van der Waals surface area contributed by atoms with Gasteiger partial charge in [-0.15, -0.1) is 0 Å². The average Bonchev–Trinajstić information content (AvgIpc) is 3.17. The molecule has 3 aromatic heterocycles. The minimum atomic E-state index is 0.617. The lowest BCUT2D eigenvalue weighted by molar-refractivity contribution is 0.748. The SMILES string of the molecule is CNCCN(C)c1nc(NCc2ccc(-c3ccccn3)cc2)n2ncc(Br)c2n1. The van der Waals surface area contributed by atoms with Gasteiger partial charge in [0.25, 0.3) is 0 Å². The Morgan fingerprint density at radius 2 is 1.93 bits per heavy atom. The van der Waals surface area contributed by atoms with E-state index in [0.29, 0.717) is 18.4 Å². The molecule has 0 atom stereocenters. The maximum atomic E-state index is 4.69. The van der Waals surface area contributed by atoms with E-state index >= 15 is 0 Å². The van der Waals surface area contributed by atoms with Crippen molar-refractivity contribution in [3.8, 4) is 11.3 Å².